The monoisotopic (exact) mass is 186 g/mol. The molecule has 0 aromatic heterocycles. The average molecular weight is 186 g/mol. The van der Waals surface area contributed by atoms with E-state index in [-0.39, 0.29) is 0 Å². The highest BCUT2D eigenvalue weighted by atomic mass is 32.2. The van der Waals surface area contributed by atoms with E-state index in [0.29, 0.717) is 0 Å². The van der Waals surface area contributed by atoms with Crippen molar-refractivity contribution in [1.82, 2.24) is 0 Å². The van der Waals surface area contributed by atoms with Gasteiger partial charge in [-0.2, -0.15) is 11.8 Å². The molecule has 0 nitrogen and oxygen atoms in total. The zero-order chi connectivity index (χ0) is 8.67. The van der Waals surface area contributed by atoms with Crippen LogP contribution in [0.2, 0.25) is 0 Å². The second-order valence-electron chi connectivity index (χ2n) is 3.43. The minimum absolute atomic E-state index is 1.17. The number of rotatable bonds is 0. The SMILES string of the molecule is c1cc2c3c(cccc3c1)CSC2. The van der Waals surface area contributed by atoms with Crippen LogP contribution in [0.4, 0.5) is 0 Å². The molecular formula is C12H10S. The zero-order valence-electron chi connectivity index (χ0n) is 7.29. The van der Waals surface area contributed by atoms with Crippen molar-refractivity contribution in [3.05, 3.63) is 47.5 Å². The van der Waals surface area contributed by atoms with Crippen molar-refractivity contribution in [1.29, 1.82) is 0 Å². The van der Waals surface area contributed by atoms with Crippen LogP contribution >= 0.6 is 11.8 Å². The third-order valence-electron chi connectivity index (χ3n) is 2.59. The van der Waals surface area contributed by atoms with Crippen LogP contribution in [0, 0.1) is 0 Å². The van der Waals surface area contributed by atoms with Gasteiger partial charge in [0.2, 0.25) is 0 Å². The minimum atomic E-state index is 1.17. The van der Waals surface area contributed by atoms with Crippen LogP contribution in [0.5, 0.6) is 0 Å². The molecule has 0 fully saturated rings. The highest BCUT2D eigenvalue weighted by molar-refractivity contribution is 7.97. The molecule has 0 saturated heterocycles. The summed E-state index contributed by atoms with van der Waals surface area (Å²) in [4.78, 5) is 0. The van der Waals surface area contributed by atoms with Crippen molar-refractivity contribution in [2.24, 2.45) is 0 Å². The summed E-state index contributed by atoms with van der Waals surface area (Å²) in [5, 5.41) is 2.90. The maximum Gasteiger partial charge on any atom is 0.0194 e. The summed E-state index contributed by atoms with van der Waals surface area (Å²) in [7, 11) is 0. The van der Waals surface area contributed by atoms with Crippen LogP contribution in [0.1, 0.15) is 11.1 Å². The van der Waals surface area contributed by atoms with Gasteiger partial charge in [-0.1, -0.05) is 36.4 Å². The summed E-state index contributed by atoms with van der Waals surface area (Å²) in [5.41, 5.74) is 3.01. The van der Waals surface area contributed by atoms with E-state index < -0.39 is 0 Å². The fourth-order valence-electron chi connectivity index (χ4n) is 2.01. The first-order valence-corrected chi connectivity index (χ1v) is 5.68. The van der Waals surface area contributed by atoms with Gasteiger partial charge in [0.1, 0.15) is 0 Å². The van der Waals surface area contributed by atoms with Gasteiger partial charge >= 0.3 is 0 Å². The molecule has 2 aromatic carbocycles. The molecule has 1 aliphatic heterocycles. The minimum Gasteiger partial charge on any atom is -0.152 e. The Labute approximate surface area is 82.0 Å². The number of hydrogen-bond acceptors (Lipinski definition) is 1. The predicted molar refractivity (Wildman–Crippen MR) is 58.9 cm³/mol. The Morgan fingerprint density at radius 2 is 1.46 bits per heavy atom. The Morgan fingerprint density at radius 1 is 0.846 bits per heavy atom. The standard InChI is InChI=1S/C12H10S/c1-3-9-4-2-6-11-8-13-7-10(5-1)12(9)11/h1-6H,7-8H2. The van der Waals surface area contributed by atoms with Crippen LogP contribution < -0.4 is 0 Å². The molecule has 2 aromatic rings. The lowest BCUT2D eigenvalue weighted by Gasteiger charge is -2.16. The second kappa shape index (κ2) is 2.78. The van der Waals surface area contributed by atoms with Crippen molar-refractivity contribution < 1.29 is 0 Å². The van der Waals surface area contributed by atoms with E-state index in [4.69, 9.17) is 0 Å². The van der Waals surface area contributed by atoms with Gasteiger partial charge in [0.25, 0.3) is 0 Å². The first kappa shape index (κ1) is 7.45. The Hall–Kier alpha value is -0.950. The third kappa shape index (κ3) is 1.07. The van der Waals surface area contributed by atoms with E-state index >= 15 is 0 Å². The summed E-state index contributed by atoms with van der Waals surface area (Å²) >= 11 is 2.01. The molecule has 1 heteroatoms. The van der Waals surface area contributed by atoms with E-state index in [1.807, 2.05) is 11.8 Å². The van der Waals surface area contributed by atoms with Gasteiger partial charge in [-0.05, 0) is 21.9 Å². The molecule has 0 N–H and O–H groups in total. The number of benzene rings is 2. The molecule has 0 spiro atoms. The Bertz CT molecular complexity index is 421. The number of hydrogen-bond donors (Lipinski definition) is 0. The molecule has 0 unspecified atom stereocenters. The predicted octanol–water partition coefficient (Wildman–Crippen LogP) is 3.59. The van der Waals surface area contributed by atoms with Gasteiger partial charge in [-0.3, -0.25) is 0 Å². The van der Waals surface area contributed by atoms with Crippen LogP contribution in [0.25, 0.3) is 10.8 Å². The topological polar surface area (TPSA) is 0 Å². The van der Waals surface area contributed by atoms with E-state index in [0.717, 1.165) is 0 Å². The Kier molecular flexibility index (Phi) is 1.59. The van der Waals surface area contributed by atoms with Crippen LogP contribution in [-0.4, -0.2) is 0 Å². The van der Waals surface area contributed by atoms with Gasteiger partial charge in [0, 0.05) is 11.5 Å². The van der Waals surface area contributed by atoms with Gasteiger partial charge in [0.15, 0.2) is 0 Å². The summed E-state index contributed by atoms with van der Waals surface area (Å²) in [5.74, 6) is 2.35. The summed E-state index contributed by atoms with van der Waals surface area (Å²) in [6.07, 6.45) is 0. The normalized spacial score (nSPS) is 14.8. The summed E-state index contributed by atoms with van der Waals surface area (Å²) in [6, 6.07) is 13.2. The number of thioether (sulfide) groups is 1. The van der Waals surface area contributed by atoms with Gasteiger partial charge in [-0.25, -0.2) is 0 Å². The largest absolute Gasteiger partial charge is 0.152 e. The van der Waals surface area contributed by atoms with E-state index in [9.17, 15) is 0 Å². The fourth-order valence-corrected chi connectivity index (χ4v) is 3.04. The van der Waals surface area contributed by atoms with Crippen LogP contribution in [0.15, 0.2) is 36.4 Å². The highest BCUT2D eigenvalue weighted by Gasteiger charge is 2.10. The molecule has 0 bridgehead atoms. The van der Waals surface area contributed by atoms with Crippen molar-refractivity contribution >= 4 is 22.5 Å². The highest BCUT2D eigenvalue weighted by Crippen LogP contribution is 2.33. The molecule has 1 heterocycles. The second-order valence-corrected chi connectivity index (χ2v) is 4.41. The third-order valence-corrected chi connectivity index (χ3v) is 3.62. The van der Waals surface area contributed by atoms with Crippen molar-refractivity contribution in [3.8, 4) is 0 Å². The summed E-state index contributed by atoms with van der Waals surface area (Å²) in [6.45, 7) is 0. The smallest absolute Gasteiger partial charge is 0.0194 e. The maximum atomic E-state index is 2.25. The van der Waals surface area contributed by atoms with Crippen LogP contribution in [-0.2, 0) is 11.5 Å². The van der Waals surface area contributed by atoms with E-state index in [1.165, 1.54) is 33.4 Å². The maximum absolute atomic E-state index is 2.25. The van der Waals surface area contributed by atoms with E-state index in [1.54, 1.807) is 0 Å². The van der Waals surface area contributed by atoms with Gasteiger partial charge < -0.3 is 0 Å². The molecular weight excluding hydrogens is 176 g/mol. The molecule has 0 saturated carbocycles. The molecule has 64 valence electrons. The molecule has 3 rings (SSSR count). The lowest BCUT2D eigenvalue weighted by atomic mass is 10.0. The Balaban J connectivity index is 2.49. The van der Waals surface area contributed by atoms with Crippen molar-refractivity contribution in [2.75, 3.05) is 0 Å². The summed E-state index contributed by atoms with van der Waals surface area (Å²) < 4.78 is 0. The molecule has 13 heavy (non-hydrogen) atoms. The van der Waals surface area contributed by atoms with Crippen molar-refractivity contribution in [2.45, 2.75) is 11.5 Å². The lowest BCUT2D eigenvalue weighted by molar-refractivity contribution is 1.34. The quantitative estimate of drug-likeness (QED) is 0.606. The molecule has 0 aliphatic carbocycles. The van der Waals surface area contributed by atoms with Gasteiger partial charge in [0.05, 0.1) is 0 Å². The molecule has 1 aliphatic rings. The zero-order valence-corrected chi connectivity index (χ0v) is 8.10. The lowest BCUT2D eigenvalue weighted by Crippen LogP contribution is -1.95. The first-order chi connectivity index (χ1) is 6.45. The Morgan fingerprint density at radius 3 is 2.08 bits per heavy atom. The van der Waals surface area contributed by atoms with Gasteiger partial charge in [-0.15, -0.1) is 0 Å². The fraction of sp³-hybridized carbons (Fsp3) is 0.167. The molecule has 0 amide bonds. The molecule has 0 radical (unpaired) electrons. The van der Waals surface area contributed by atoms with Crippen molar-refractivity contribution in [3.63, 3.8) is 0 Å². The van der Waals surface area contributed by atoms with E-state index in [2.05, 4.69) is 36.4 Å². The average Bonchev–Trinajstić information content (AvgIpc) is 2.19. The molecule has 0 atom stereocenters. The first-order valence-electron chi connectivity index (χ1n) is 4.52. The van der Waals surface area contributed by atoms with Crippen LogP contribution in [0.3, 0.4) is 0 Å².